The van der Waals surface area contributed by atoms with Gasteiger partial charge in [0.15, 0.2) is 0 Å². The van der Waals surface area contributed by atoms with Gasteiger partial charge in [-0.25, -0.2) is 13.4 Å². The highest BCUT2D eigenvalue weighted by molar-refractivity contribution is 7.92. The van der Waals surface area contributed by atoms with Crippen molar-refractivity contribution in [3.8, 4) is 0 Å². The van der Waals surface area contributed by atoms with Gasteiger partial charge in [-0.2, -0.15) is 0 Å². The zero-order chi connectivity index (χ0) is 19.6. The molecule has 9 heteroatoms. The molecule has 1 fully saturated rings. The van der Waals surface area contributed by atoms with Crippen LogP contribution in [0.4, 0.5) is 11.5 Å². The number of benzene rings is 1. The number of aromatic nitrogens is 1. The zero-order valence-electron chi connectivity index (χ0n) is 14.9. The van der Waals surface area contributed by atoms with Crippen molar-refractivity contribution in [2.24, 2.45) is 11.7 Å². The molecule has 2 aromatic rings. The predicted octanol–water partition coefficient (Wildman–Crippen LogP) is 2.55. The van der Waals surface area contributed by atoms with Gasteiger partial charge in [0.2, 0.25) is 5.91 Å². The van der Waals surface area contributed by atoms with E-state index >= 15 is 0 Å². The van der Waals surface area contributed by atoms with Crippen molar-refractivity contribution in [1.82, 2.24) is 4.98 Å². The molecule has 2 heterocycles. The third-order valence-corrected chi connectivity index (χ3v) is 6.59. The van der Waals surface area contributed by atoms with Gasteiger partial charge in [0.05, 0.1) is 22.7 Å². The SMILES string of the molecule is Cc1c(Cl)cccc1S(=O)(=O)Nc1ccc(N2CCCC(C(N)=O)C2)nc1. The minimum atomic E-state index is -3.77. The largest absolute Gasteiger partial charge is 0.369 e. The Labute approximate surface area is 163 Å². The Bertz CT molecular complexity index is 948. The number of carbonyl (C=O) groups is 1. The van der Waals surface area contributed by atoms with Gasteiger partial charge < -0.3 is 10.6 Å². The first kappa shape index (κ1) is 19.4. The average molecular weight is 409 g/mol. The number of nitrogens with two attached hydrogens (primary N) is 1. The number of nitrogens with one attached hydrogen (secondary N) is 1. The Morgan fingerprint density at radius 1 is 1.33 bits per heavy atom. The van der Waals surface area contributed by atoms with Crippen LogP contribution >= 0.6 is 11.6 Å². The molecule has 0 radical (unpaired) electrons. The number of hydrogen-bond donors (Lipinski definition) is 2. The van der Waals surface area contributed by atoms with Crippen LogP contribution in [0.1, 0.15) is 18.4 Å². The molecule has 0 bridgehead atoms. The maximum atomic E-state index is 12.6. The van der Waals surface area contributed by atoms with Gasteiger partial charge in [-0.15, -0.1) is 0 Å². The predicted molar refractivity (Wildman–Crippen MR) is 105 cm³/mol. The number of amides is 1. The third-order valence-electron chi connectivity index (χ3n) is 4.66. The lowest BCUT2D eigenvalue weighted by molar-refractivity contribution is -0.122. The maximum absolute atomic E-state index is 12.6. The normalized spacial score (nSPS) is 17.6. The van der Waals surface area contributed by atoms with Crippen LogP contribution in [0, 0.1) is 12.8 Å². The maximum Gasteiger partial charge on any atom is 0.262 e. The van der Waals surface area contributed by atoms with Gasteiger partial charge in [0, 0.05) is 18.1 Å². The fourth-order valence-electron chi connectivity index (χ4n) is 3.14. The second kappa shape index (κ2) is 7.74. The number of nitrogens with zero attached hydrogens (tertiary/aromatic N) is 2. The molecule has 0 spiro atoms. The highest BCUT2D eigenvalue weighted by atomic mass is 35.5. The number of primary amides is 1. The Kier molecular flexibility index (Phi) is 5.57. The van der Waals surface area contributed by atoms with E-state index in [1.54, 1.807) is 31.2 Å². The molecule has 144 valence electrons. The minimum Gasteiger partial charge on any atom is -0.369 e. The number of carbonyl (C=O) groups excluding carboxylic acids is 1. The average Bonchev–Trinajstić information content (AvgIpc) is 2.64. The second-order valence-electron chi connectivity index (χ2n) is 6.56. The summed E-state index contributed by atoms with van der Waals surface area (Å²) in [6.07, 6.45) is 3.10. The molecular weight excluding hydrogens is 388 g/mol. The Morgan fingerprint density at radius 2 is 2.11 bits per heavy atom. The summed E-state index contributed by atoms with van der Waals surface area (Å²) in [6.45, 7) is 2.96. The van der Waals surface area contributed by atoms with Crippen molar-refractivity contribution in [3.05, 3.63) is 47.1 Å². The molecule has 0 aliphatic carbocycles. The molecule has 7 nitrogen and oxygen atoms in total. The highest BCUT2D eigenvalue weighted by Crippen LogP contribution is 2.26. The summed E-state index contributed by atoms with van der Waals surface area (Å²) in [4.78, 5) is 17.9. The Morgan fingerprint density at radius 3 is 2.78 bits per heavy atom. The van der Waals surface area contributed by atoms with Crippen LogP contribution in [0.3, 0.4) is 0 Å². The van der Waals surface area contributed by atoms with E-state index in [0.29, 0.717) is 28.6 Å². The second-order valence-corrected chi connectivity index (χ2v) is 8.62. The van der Waals surface area contributed by atoms with Gasteiger partial charge in [-0.1, -0.05) is 17.7 Å². The van der Waals surface area contributed by atoms with E-state index in [2.05, 4.69) is 9.71 Å². The van der Waals surface area contributed by atoms with E-state index in [1.807, 2.05) is 4.90 Å². The summed E-state index contributed by atoms with van der Waals surface area (Å²) in [7, 11) is -3.77. The van der Waals surface area contributed by atoms with Crippen molar-refractivity contribution in [3.63, 3.8) is 0 Å². The number of piperidine rings is 1. The molecule has 1 aliphatic heterocycles. The first-order valence-corrected chi connectivity index (χ1v) is 10.4. The molecule has 1 aliphatic rings. The third kappa shape index (κ3) is 4.33. The summed E-state index contributed by atoms with van der Waals surface area (Å²) < 4.78 is 27.8. The van der Waals surface area contributed by atoms with Crippen LogP contribution in [0.2, 0.25) is 5.02 Å². The van der Waals surface area contributed by atoms with Crippen molar-refractivity contribution in [2.75, 3.05) is 22.7 Å². The summed E-state index contributed by atoms with van der Waals surface area (Å²) >= 11 is 6.02. The fraction of sp³-hybridized carbons (Fsp3) is 0.333. The smallest absolute Gasteiger partial charge is 0.262 e. The van der Waals surface area contributed by atoms with E-state index in [-0.39, 0.29) is 16.7 Å². The standard InChI is InChI=1S/C18H21ClN4O3S/c1-12-15(19)5-2-6-16(12)27(25,26)22-14-7-8-17(21-10-14)23-9-3-4-13(11-23)18(20)24/h2,5-8,10,13,22H,3-4,9,11H2,1H3,(H2,20,24). The number of sulfonamides is 1. The van der Waals surface area contributed by atoms with Crippen LogP contribution in [-0.4, -0.2) is 32.4 Å². The number of rotatable bonds is 5. The lowest BCUT2D eigenvalue weighted by atomic mass is 9.97. The molecule has 1 aromatic heterocycles. The van der Waals surface area contributed by atoms with E-state index in [1.165, 1.54) is 12.3 Å². The molecule has 1 saturated heterocycles. The van der Waals surface area contributed by atoms with Crippen LogP contribution in [0.15, 0.2) is 41.4 Å². The van der Waals surface area contributed by atoms with Crippen LogP contribution < -0.4 is 15.4 Å². The van der Waals surface area contributed by atoms with E-state index in [0.717, 1.165) is 19.4 Å². The monoisotopic (exact) mass is 408 g/mol. The van der Waals surface area contributed by atoms with Gasteiger partial charge in [-0.3, -0.25) is 9.52 Å². The quantitative estimate of drug-likeness (QED) is 0.790. The molecule has 1 unspecified atom stereocenters. The van der Waals surface area contributed by atoms with E-state index in [4.69, 9.17) is 17.3 Å². The summed E-state index contributed by atoms with van der Waals surface area (Å²) in [5.74, 6) is 0.188. The lowest BCUT2D eigenvalue weighted by Gasteiger charge is -2.32. The number of anilines is 2. The van der Waals surface area contributed by atoms with Crippen molar-refractivity contribution >= 4 is 39.0 Å². The zero-order valence-corrected chi connectivity index (χ0v) is 16.4. The molecule has 3 N–H and O–H groups in total. The van der Waals surface area contributed by atoms with Crippen LogP contribution in [0.5, 0.6) is 0 Å². The van der Waals surface area contributed by atoms with Crippen molar-refractivity contribution in [2.45, 2.75) is 24.7 Å². The summed E-state index contributed by atoms with van der Waals surface area (Å²) in [6, 6.07) is 8.11. The number of pyridine rings is 1. The van der Waals surface area contributed by atoms with Crippen molar-refractivity contribution < 1.29 is 13.2 Å². The molecule has 1 amide bonds. The van der Waals surface area contributed by atoms with E-state index in [9.17, 15) is 13.2 Å². The van der Waals surface area contributed by atoms with Crippen LogP contribution in [-0.2, 0) is 14.8 Å². The Balaban J connectivity index is 1.76. The van der Waals surface area contributed by atoms with Crippen LogP contribution in [0.25, 0.3) is 0 Å². The van der Waals surface area contributed by atoms with Gasteiger partial charge in [0.25, 0.3) is 10.0 Å². The summed E-state index contributed by atoms with van der Waals surface area (Å²) in [5, 5.41) is 0.389. The van der Waals surface area contributed by atoms with Crippen molar-refractivity contribution in [1.29, 1.82) is 0 Å². The lowest BCUT2D eigenvalue weighted by Crippen LogP contribution is -2.41. The molecule has 0 saturated carbocycles. The molecule has 1 aromatic carbocycles. The minimum absolute atomic E-state index is 0.124. The van der Waals surface area contributed by atoms with Gasteiger partial charge in [0.1, 0.15) is 5.82 Å². The van der Waals surface area contributed by atoms with Gasteiger partial charge >= 0.3 is 0 Å². The first-order chi connectivity index (χ1) is 12.8. The molecule has 1 atom stereocenters. The van der Waals surface area contributed by atoms with E-state index < -0.39 is 10.0 Å². The molecular formula is C18H21ClN4O3S. The highest BCUT2D eigenvalue weighted by Gasteiger charge is 2.25. The number of hydrogen-bond acceptors (Lipinski definition) is 5. The topological polar surface area (TPSA) is 105 Å². The van der Waals surface area contributed by atoms with Gasteiger partial charge in [-0.05, 0) is 49.6 Å². The molecule has 27 heavy (non-hydrogen) atoms. The number of halogens is 1. The molecule has 3 rings (SSSR count). The fourth-order valence-corrected chi connectivity index (χ4v) is 4.68. The Hall–Kier alpha value is -2.32. The summed E-state index contributed by atoms with van der Waals surface area (Å²) in [5.41, 5.74) is 6.24. The first-order valence-electron chi connectivity index (χ1n) is 8.56.